The number of rotatable bonds is 3. The van der Waals surface area contributed by atoms with E-state index in [-0.39, 0.29) is 11.5 Å². The molecule has 0 aromatic heterocycles. The minimum absolute atomic E-state index is 0.0594. The third-order valence-electron chi connectivity index (χ3n) is 2.98. The highest BCUT2D eigenvalue weighted by atomic mass is 16.4. The largest absolute Gasteiger partial charge is 0.478 e. The molecule has 2 aromatic rings. The lowest BCUT2D eigenvalue weighted by Gasteiger charge is -2.10. The van der Waals surface area contributed by atoms with Crippen LogP contribution in [0.25, 0.3) is 11.1 Å². The lowest BCUT2D eigenvalue weighted by atomic mass is 10.0. The van der Waals surface area contributed by atoms with Crippen LogP contribution in [0.3, 0.4) is 0 Å². The minimum Gasteiger partial charge on any atom is -0.478 e. The van der Waals surface area contributed by atoms with Gasteiger partial charge in [0.25, 0.3) is 5.91 Å². The number of carbonyl (C=O) groups excluding carboxylic acids is 1. The van der Waals surface area contributed by atoms with E-state index in [1.54, 1.807) is 44.4 Å². The van der Waals surface area contributed by atoms with Crippen molar-refractivity contribution < 1.29 is 14.7 Å². The van der Waals surface area contributed by atoms with Gasteiger partial charge in [0.1, 0.15) is 0 Å². The van der Waals surface area contributed by atoms with Crippen LogP contribution in [-0.2, 0) is 0 Å². The van der Waals surface area contributed by atoms with Crippen LogP contribution in [0.15, 0.2) is 48.5 Å². The second kappa shape index (κ2) is 5.57. The first-order chi connectivity index (χ1) is 9.49. The van der Waals surface area contributed by atoms with Crippen LogP contribution >= 0.6 is 0 Å². The molecule has 0 heterocycles. The summed E-state index contributed by atoms with van der Waals surface area (Å²) in [5.41, 5.74) is 2.54. The highest BCUT2D eigenvalue weighted by molar-refractivity contribution is 5.94. The summed E-state index contributed by atoms with van der Waals surface area (Å²) in [6, 6.07) is 13.8. The van der Waals surface area contributed by atoms with Crippen molar-refractivity contribution in [1.29, 1.82) is 0 Å². The summed E-state index contributed by atoms with van der Waals surface area (Å²) in [5, 5.41) is 8.98. The summed E-state index contributed by atoms with van der Waals surface area (Å²) in [4.78, 5) is 24.3. The Kier molecular flexibility index (Phi) is 3.84. The monoisotopic (exact) mass is 269 g/mol. The van der Waals surface area contributed by atoms with Crippen molar-refractivity contribution in [3.63, 3.8) is 0 Å². The van der Waals surface area contributed by atoms with Crippen molar-refractivity contribution >= 4 is 11.9 Å². The predicted molar refractivity (Wildman–Crippen MR) is 76.9 cm³/mol. The van der Waals surface area contributed by atoms with Crippen LogP contribution in [0.5, 0.6) is 0 Å². The van der Waals surface area contributed by atoms with E-state index in [0.717, 1.165) is 11.1 Å². The van der Waals surface area contributed by atoms with E-state index < -0.39 is 5.97 Å². The van der Waals surface area contributed by atoms with E-state index in [4.69, 9.17) is 5.11 Å². The Balaban J connectivity index is 2.33. The van der Waals surface area contributed by atoms with E-state index in [1.807, 2.05) is 18.2 Å². The molecule has 4 nitrogen and oxygen atoms in total. The van der Waals surface area contributed by atoms with E-state index >= 15 is 0 Å². The first-order valence-electron chi connectivity index (χ1n) is 6.14. The van der Waals surface area contributed by atoms with Crippen LogP contribution < -0.4 is 0 Å². The topological polar surface area (TPSA) is 57.6 Å². The van der Waals surface area contributed by atoms with E-state index in [9.17, 15) is 9.59 Å². The summed E-state index contributed by atoms with van der Waals surface area (Å²) in [6.07, 6.45) is 0. The molecule has 0 aliphatic carbocycles. The zero-order valence-electron chi connectivity index (χ0n) is 11.3. The van der Waals surface area contributed by atoms with Crippen LogP contribution in [0.2, 0.25) is 0 Å². The Labute approximate surface area is 117 Å². The molecule has 102 valence electrons. The maximum Gasteiger partial charge on any atom is 0.335 e. The van der Waals surface area contributed by atoms with Gasteiger partial charge in [-0.25, -0.2) is 4.79 Å². The molecule has 4 heteroatoms. The molecule has 0 saturated heterocycles. The Morgan fingerprint density at radius 3 is 2.10 bits per heavy atom. The lowest BCUT2D eigenvalue weighted by Crippen LogP contribution is -2.21. The fourth-order valence-electron chi connectivity index (χ4n) is 1.90. The minimum atomic E-state index is -0.953. The number of carboxylic acid groups (broad SMARTS) is 1. The summed E-state index contributed by atoms with van der Waals surface area (Å²) in [5.74, 6) is -1.01. The van der Waals surface area contributed by atoms with E-state index in [2.05, 4.69) is 0 Å². The first kappa shape index (κ1) is 13.8. The molecular weight excluding hydrogens is 254 g/mol. The van der Waals surface area contributed by atoms with Gasteiger partial charge >= 0.3 is 5.97 Å². The van der Waals surface area contributed by atoms with Crippen molar-refractivity contribution in [3.8, 4) is 11.1 Å². The van der Waals surface area contributed by atoms with Crippen LogP contribution in [0.4, 0.5) is 0 Å². The zero-order chi connectivity index (χ0) is 14.7. The van der Waals surface area contributed by atoms with Crippen molar-refractivity contribution in [2.75, 3.05) is 14.1 Å². The average molecular weight is 269 g/mol. The van der Waals surface area contributed by atoms with E-state index in [1.165, 1.54) is 4.90 Å². The van der Waals surface area contributed by atoms with Gasteiger partial charge in [-0.15, -0.1) is 0 Å². The van der Waals surface area contributed by atoms with Crippen molar-refractivity contribution in [1.82, 2.24) is 4.90 Å². The Morgan fingerprint density at radius 1 is 0.900 bits per heavy atom. The second-order valence-electron chi connectivity index (χ2n) is 4.66. The Hall–Kier alpha value is -2.62. The van der Waals surface area contributed by atoms with Crippen molar-refractivity contribution in [2.24, 2.45) is 0 Å². The average Bonchev–Trinajstić information content (AvgIpc) is 2.46. The van der Waals surface area contributed by atoms with Gasteiger partial charge in [-0.05, 0) is 35.4 Å². The summed E-state index contributed by atoms with van der Waals surface area (Å²) >= 11 is 0. The normalized spacial score (nSPS) is 10.1. The number of amides is 1. The van der Waals surface area contributed by atoms with Gasteiger partial charge < -0.3 is 10.0 Å². The smallest absolute Gasteiger partial charge is 0.335 e. The van der Waals surface area contributed by atoms with Crippen LogP contribution in [0, 0.1) is 0 Å². The number of hydrogen-bond donors (Lipinski definition) is 1. The molecule has 20 heavy (non-hydrogen) atoms. The molecule has 0 fully saturated rings. The van der Waals surface area contributed by atoms with Gasteiger partial charge in [-0.1, -0.05) is 24.3 Å². The molecule has 0 aliphatic heterocycles. The first-order valence-corrected chi connectivity index (χ1v) is 6.14. The molecule has 2 rings (SSSR count). The van der Waals surface area contributed by atoms with Gasteiger partial charge in [0.2, 0.25) is 0 Å². The number of carbonyl (C=O) groups is 2. The number of hydrogen-bond acceptors (Lipinski definition) is 2. The quantitative estimate of drug-likeness (QED) is 0.932. The Bertz CT molecular complexity index is 645. The molecule has 0 spiro atoms. The molecule has 0 saturated carbocycles. The molecule has 0 bridgehead atoms. The molecule has 1 amide bonds. The fourth-order valence-corrected chi connectivity index (χ4v) is 1.90. The van der Waals surface area contributed by atoms with Gasteiger partial charge in [0.05, 0.1) is 5.56 Å². The third-order valence-corrected chi connectivity index (χ3v) is 2.98. The standard InChI is InChI=1S/C16H15NO3/c1-17(2)15(18)12-8-6-11(7-9-12)13-4-3-5-14(10-13)16(19)20/h3-10H,1-2H3,(H,19,20). The molecule has 0 unspecified atom stereocenters. The van der Waals surface area contributed by atoms with Gasteiger partial charge in [0.15, 0.2) is 0 Å². The van der Waals surface area contributed by atoms with Crippen LogP contribution in [-0.4, -0.2) is 36.0 Å². The highest BCUT2D eigenvalue weighted by Gasteiger charge is 2.08. The molecule has 1 N–H and O–H groups in total. The van der Waals surface area contributed by atoms with Crippen LogP contribution in [0.1, 0.15) is 20.7 Å². The summed E-state index contributed by atoms with van der Waals surface area (Å²) in [6.45, 7) is 0. The number of benzene rings is 2. The number of aromatic carboxylic acids is 1. The molecule has 2 aromatic carbocycles. The SMILES string of the molecule is CN(C)C(=O)c1ccc(-c2cccc(C(=O)O)c2)cc1. The number of carboxylic acids is 1. The molecular formula is C16H15NO3. The van der Waals surface area contributed by atoms with Crippen molar-refractivity contribution in [3.05, 3.63) is 59.7 Å². The maximum absolute atomic E-state index is 11.8. The zero-order valence-corrected chi connectivity index (χ0v) is 11.3. The molecule has 0 atom stereocenters. The van der Waals surface area contributed by atoms with Gasteiger partial charge in [0, 0.05) is 19.7 Å². The van der Waals surface area contributed by atoms with Crippen molar-refractivity contribution in [2.45, 2.75) is 0 Å². The number of nitrogens with zero attached hydrogens (tertiary/aromatic N) is 1. The highest BCUT2D eigenvalue weighted by Crippen LogP contribution is 2.21. The maximum atomic E-state index is 11.8. The summed E-state index contributed by atoms with van der Waals surface area (Å²) in [7, 11) is 3.40. The third kappa shape index (κ3) is 2.85. The lowest BCUT2D eigenvalue weighted by molar-refractivity contribution is 0.0696. The van der Waals surface area contributed by atoms with Gasteiger partial charge in [-0.3, -0.25) is 4.79 Å². The van der Waals surface area contributed by atoms with E-state index in [0.29, 0.717) is 5.56 Å². The summed E-state index contributed by atoms with van der Waals surface area (Å²) < 4.78 is 0. The Morgan fingerprint density at radius 2 is 1.55 bits per heavy atom. The fraction of sp³-hybridized carbons (Fsp3) is 0.125. The molecule has 0 aliphatic rings. The second-order valence-corrected chi connectivity index (χ2v) is 4.66. The molecule has 0 radical (unpaired) electrons. The predicted octanol–water partition coefficient (Wildman–Crippen LogP) is 2.75. The van der Waals surface area contributed by atoms with Gasteiger partial charge in [-0.2, -0.15) is 0 Å².